The molecule has 4 rings (SSSR count). The van der Waals surface area contributed by atoms with Gasteiger partial charge in [-0.3, -0.25) is 14.1 Å². The van der Waals surface area contributed by atoms with Crippen LogP contribution >= 0.6 is 11.6 Å². The molecular formula is C27H23ClN4O3S. The fourth-order valence-corrected chi connectivity index (χ4v) is 5.05. The lowest BCUT2D eigenvalue weighted by atomic mass is 10.1. The molecule has 4 aromatic rings. The number of carbonyl (C=O) groups is 1. The molecule has 0 spiro atoms. The second-order valence-electron chi connectivity index (χ2n) is 7.95. The Labute approximate surface area is 215 Å². The molecule has 0 radical (unpaired) electrons. The molecule has 0 unspecified atom stereocenters. The molecule has 0 bridgehead atoms. The van der Waals surface area contributed by atoms with Gasteiger partial charge < -0.3 is 0 Å². The fraction of sp³-hybridized carbons (Fsp3) is 0.0741. The zero-order valence-electron chi connectivity index (χ0n) is 19.4. The first-order valence-electron chi connectivity index (χ1n) is 11.0. The summed E-state index contributed by atoms with van der Waals surface area (Å²) < 4.78 is 28.9. The topological polar surface area (TPSA) is 91.7 Å². The second-order valence-corrected chi connectivity index (χ2v) is 10.3. The van der Waals surface area contributed by atoms with Crippen molar-refractivity contribution in [1.29, 1.82) is 0 Å². The Morgan fingerprint density at radius 2 is 1.72 bits per heavy atom. The van der Waals surface area contributed by atoms with Gasteiger partial charge in [0, 0.05) is 23.0 Å². The summed E-state index contributed by atoms with van der Waals surface area (Å²) >= 11 is 6.02. The van der Waals surface area contributed by atoms with E-state index in [1.54, 1.807) is 97.3 Å². The highest BCUT2D eigenvalue weighted by atomic mass is 35.5. The molecule has 9 heteroatoms. The summed E-state index contributed by atoms with van der Waals surface area (Å²) in [5.74, 6) is -0.550. The molecule has 0 saturated carbocycles. The standard InChI is InChI=1S/C27H23ClN4O3S/c1-20-8-14-24(15-9-20)36(34,35)32(19-21-10-12-23(28)13-11-21)26-7-3-2-6-25(26)27(33)31-30-18-22-5-4-16-29-17-22/h2-18H,19H2,1H3,(H,31,33)/b30-18+. The molecule has 1 amide bonds. The summed E-state index contributed by atoms with van der Waals surface area (Å²) in [6, 6.07) is 23.5. The Hall–Kier alpha value is -4.01. The smallest absolute Gasteiger partial charge is 0.267 e. The highest BCUT2D eigenvalue weighted by molar-refractivity contribution is 7.92. The van der Waals surface area contributed by atoms with E-state index in [9.17, 15) is 13.2 Å². The number of rotatable bonds is 8. The third-order valence-corrected chi connectivity index (χ3v) is 7.36. The lowest BCUT2D eigenvalue weighted by Gasteiger charge is -2.26. The van der Waals surface area contributed by atoms with Crippen LogP contribution in [0.5, 0.6) is 0 Å². The monoisotopic (exact) mass is 518 g/mol. The maximum Gasteiger partial charge on any atom is 0.273 e. The molecule has 0 saturated heterocycles. The van der Waals surface area contributed by atoms with Crippen molar-refractivity contribution in [3.05, 3.63) is 125 Å². The molecule has 3 aromatic carbocycles. The van der Waals surface area contributed by atoms with Gasteiger partial charge in [-0.05, 0) is 55.0 Å². The van der Waals surface area contributed by atoms with Crippen LogP contribution in [0.1, 0.15) is 27.0 Å². The van der Waals surface area contributed by atoms with Gasteiger partial charge >= 0.3 is 0 Å². The van der Waals surface area contributed by atoms with E-state index in [-0.39, 0.29) is 22.7 Å². The Morgan fingerprint density at radius 1 is 1.00 bits per heavy atom. The van der Waals surface area contributed by atoms with Gasteiger partial charge in [0.15, 0.2) is 0 Å². The molecule has 1 N–H and O–H groups in total. The summed E-state index contributed by atoms with van der Waals surface area (Å²) in [4.78, 5) is 17.2. The largest absolute Gasteiger partial charge is 0.273 e. The highest BCUT2D eigenvalue weighted by Gasteiger charge is 2.28. The maximum absolute atomic E-state index is 13.8. The van der Waals surface area contributed by atoms with Gasteiger partial charge in [-0.1, -0.05) is 59.6 Å². The minimum absolute atomic E-state index is 0.00335. The Bertz CT molecular complexity index is 1470. The van der Waals surface area contributed by atoms with Crippen molar-refractivity contribution in [2.24, 2.45) is 5.10 Å². The molecule has 1 heterocycles. The molecule has 0 aliphatic heterocycles. The molecule has 0 aliphatic rings. The second kappa shape index (κ2) is 11.2. The Balaban J connectivity index is 1.72. The molecule has 7 nitrogen and oxygen atoms in total. The molecule has 1 aromatic heterocycles. The van der Waals surface area contributed by atoms with Crippen molar-refractivity contribution in [2.45, 2.75) is 18.4 Å². The van der Waals surface area contributed by atoms with Gasteiger partial charge in [-0.15, -0.1) is 0 Å². The number of carbonyl (C=O) groups excluding carboxylic acids is 1. The van der Waals surface area contributed by atoms with Gasteiger partial charge in [-0.2, -0.15) is 5.10 Å². The highest BCUT2D eigenvalue weighted by Crippen LogP contribution is 2.29. The first-order valence-corrected chi connectivity index (χ1v) is 12.8. The van der Waals surface area contributed by atoms with Gasteiger partial charge in [0.2, 0.25) is 0 Å². The number of pyridine rings is 1. The molecular weight excluding hydrogens is 496 g/mol. The molecule has 0 fully saturated rings. The van der Waals surface area contributed by atoms with Gasteiger partial charge in [0.25, 0.3) is 15.9 Å². The van der Waals surface area contributed by atoms with Crippen LogP contribution in [0, 0.1) is 6.92 Å². The van der Waals surface area contributed by atoms with Gasteiger partial charge in [-0.25, -0.2) is 13.8 Å². The summed E-state index contributed by atoms with van der Waals surface area (Å²) in [5, 5.41) is 4.53. The molecule has 36 heavy (non-hydrogen) atoms. The average molecular weight is 519 g/mol. The predicted molar refractivity (Wildman–Crippen MR) is 142 cm³/mol. The Kier molecular flexibility index (Phi) is 7.77. The minimum atomic E-state index is -4.03. The number of benzene rings is 3. The zero-order valence-corrected chi connectivity index (χ0v) is 20.9. The number of anilines is 1. The first kappa shape index (κ1) is 25.1. The first-order chi connectivity index (χ1) is 17.3. The summed E-state index contributed by atoms with van der Waals surface area (Å²) in [6.45, 7) is 1.88. The molecule has 0 atom stereocenters. The maximum atomic E-state index is 13.8. The van der Waals surface area contributed by atoms with Gasteiger partial charge in [0.05, 0.1) is 28.9 Å². The number of hydrogen-bond acceptors (Lipinski definition) is 5. The van der Waals surface area contributed by atoms with Crippen LogP contribution < -0.4 is 9.73 Å². The van der Waals surface area contributed by atoms with E-state index < -0.39 is 15.9 Å². The predicted octanol–water partition coefficient (Wildman–Crippen LogP) is 5.20. The molecule has 0 aliphatic carbocycles. The number of aromatic nitrogens is 1. The van der Waals surface area contributed by atoms with Crippen LogP contribution in [0.3, 0.4) is 0 Å². The summed E-state index contributed by atoms with van der Waals surface area (Å²) in [7, 11) is -4.03. The Morgan fingerprint density at radius 3 is 2.42 bits per heavy atom. The minimum Gasteiger partial charge on any atom is -0.267 e. The number of halogens is 1. The van der Waals surface area contributed by atoms with E-state index in [0.29, 0.717) is 16.1 Å². The van der Waals surface area contributed by atoms with Crippen LogP contribution in [0.15, 0.2) is 107 Å². The number of para-hydroxylation sites is 1. The average Bonchev–Trinajstić information content (AvgIpc) is 2.89. The van der Waals surface area contributed by atoms with E-state index in [2.05, 4.69) is 15.5 Å². The van der Waals surface area contributed by atoms with Crippen molar-refractivity contribution < 1.29 is 13.2 Å². The van der Waals surface area contributed by atoms with E-state index in [0.717, 1.165) is 5.56 Å². The van der Waals surface area contributed by atoms with Gasteiger partial charge in [0.1, 0.15) is 0 Å². The number of nitrogens with zero attached hydrogens (tertiary/aromatic N) is 3. The van der Waals surface area contributed by atoms with E-state index >= 15 is 0 Å². The number of sulfonamides is 1. The van der Waals surface area contributed by atoms with Crippen LogP contribution in [-0.2, 0) is 16.6 Å². The molecule has 182 valence electrons. The lowest BCUT2D eigenvalue weighted by Crippen LogP contribution is -2.33. The van der Waals surface area contributed by atoms with E-state index in [4.69, 9.17) is 11.6 Å². The SMILES string of the molecule is Cc1ccc(S(=O)(=O)N(Cc2ccc(Cl)cc2)c2ccccc2C(=O)N/N=C/c2cccnc2)cc1. The number of nitrogens with one attached hydrogen (secondary N) is 1. The quantitative estimate of drug-likeness (QED) is 0.256. The van der Waals surface area contributed by atoms with Crippen LogP contribution in [0.2, 0.25) is 5.02 Å². The van der Waals surface area contributed by atoms with E-state index in [1.807, 2.05) is 6.92 Å². The normalized spacial score (nSPS) is 11.4. The summed E-state index contributed by atoms with van der Waals surface area (Å²) in [6.07, 6.45) is 4.70. The van der Waals surface area contributed by atoms with Crippen molar-refractivity contribution in [3.8, 4) is 0 Å². The van der Waals surface area contributed by atoms with Crippen molar-refractivity contribution in [3.63, 3.8) is 0 Å². The number of aryl methyl sites for hydroxylation is 1. The number of hydrazone groups is 1. The number of amides is 1. The number of hydrogen-bond donors (Lipinski definition) is 1. The third-order valence-electron chi connectivity index (χ3n) is 5.33. The van der Waals surface area contributed by atoms with Crippen LogP contribution in [0.4, 0.5) is 5.69 Å². The van der Waals surface area contributed by atoms with Crippen molar-refractivity contribution in [2.75, 3.05) is 4.31 Å². The zero-order chi connectivity index (χ0) is 25.5. The third kappa shape index (κ3) is 5.97. The summed E-state index contributed by atoms with van der Waals surface area (Å²) in [5.41, 5.74) is 5.21. The van der Waals surface area contributed by atoms with E-state index in [1.165, 1.54) is 10.5 Å². The van der Waals surface area contributed by atoms with Crippen LogP contribution in [-0.4, -0.2) is 25.5 Å². The fourth-order valence-electron chi connectivity index (χ4n) is 3.45. The lowest BCUT2D eigenvalue weighted by molar-refractivity contribution is 0.0955. The van der Waals surface area contributed by atoms with Crippen molar-refractivity contribution >= 4 is 39.4 Å². The van der Waals surface area contributed by atoms with Crippen LogP contribution in [0.25, 0.3) is 0 Å². The van der Waals surface area contributed by atoms with Crippen molar-refractivity contribution in [1.82, 2.24) is 10.4 Å².